The van der Waals surface area contributed by atoms with Crippen molar-refractivity contribution in [3.8, 4) is 0 Å². The van der Waals surface area contributed by atoms with Crippen molar-refractivity contribution in [3.05, 3.63) is 29.6 Å². The fraction of sp³-hybridized carbons (Fsp3) is 0.500. The minimum absolute atomic E-state index is 0.323. The van der Waals surface area contributed by atoms with Crippen molar-refractivity contribution in [2.24, 2.45) is 0 Å². The van der Waals surface area contributed by atoms with E-state index in [2.05, 4.69) is 0 Å². The van der Waals surface area contributed by atoms with Gasteiger partial charge >= 0.3 is 0 Å². The quantitative estimate of drug-likeness (QED) is 0.871. The van der Waals surface area contributed by atoms with Crippen LogP contribution in [0.5, 0.6) is 0 Å². The number of aliphatic hydroxyl groups is 1. The minimum Gasteiger partial charge on any atom is -0.389 e. The lowest BCUT2D eigenvalue weighted by Gasteiger charge is -2.31. The topological polar surface area (TPSA) is 40.5 Å². The number of para-hydroxylation sites is 1. The lowest BCUT2D eigenvalue weighted by atomic mass is 10.1. The molecule has 3 nitrogen and oxygen atoms in total. The summed E-state index contributed by atoms with van der Waals surface area (Å²) in [7, 11) is -0.785. The first-order valence-electron chi connectivity index (χ1n) is 5.66. The summed E-state index contributed by atoms with van der Waals surface area (Å²) in [6, 6.07) is 4.73. The smallest absolute Gasteiger partial charge is 0.146 e. The van der Waals surface area contributed by atoms with Gasteiger partial charge in [0, 0.05) is 41.0 Å². The second kappa shape index (κ2) is 5.14. The Morgan fingerprint density at radius 3 is 2.65 bits per heavy atom. The van der Waals surface area contributed by atoms with E-state index < -0.39 is 16.9 Å². The van der Waals surface area contributed by atoms with Crippen LogP contribution < -0.4 is 4.90 Å². The fourth-order valence-electron chi connectivity index (χ4n) is 2.06. The largest absolute Gasteiger partial charge is 0.389 e. The first-order chi connectivity index (χ1) is 8.09. The van der Waals surface area contributed by atoms with E-state index in [1.165, 1.54) is 6.07 Å². The van der Waals surface area contributed by atoms with E-state index in [9.17, 15) is 13.7 Å². The molecular formula is C12H16FNO2S. The molecule has 0 amide bonds. The maximum Gasteiger partial charge on any atom is 0.146 e. The molecule has 17 heavy (non-hydrogen) atoms. The van der Waals surface area contributed by atoms with Crippen molar-refractivity contribution < 1.29 is 13.7 Å². The average Bonchev–Trinajstić information content (AvgIpc) is 2.30. The lowest BCUT2D eigenvalue weighted by molar-refractivity contribution is 0.199. The Bertz CT molecular complexity index is 427. The van der Waals surface area contributed by atoms with Crippen molar-refractivity contribution in [2.75, 3.05) is 29.5 Å². The molecule has 0 aliphatic carbocycles. The van der Waals surface area contributed by atoms with Gasteiger partial charge in [-0.05, 0) is 13.0 Å². The van der Waals surface area contributed by atoms with Crippen LogP contribution in [0.4, 0.5) is 10.1 Å². The van der Waals surface area contributed by atoms with Crippen LogP contribution in [0.2, 0.25) is 0 Å². The number of rotatable bonds is 2. The molecule has 1 heterocycles. The molecule has 1 saturated heterocycles. The highest BCUT2D eigenvalue weighted by atomic mass is 32.2. The molecule has 0 unspecified atom stereocenters. The van der Waals surface area contributed by atoms with E-state index in [-0.39, 0.29) is 5.82 Å². The summed E-state index contributed by atoms with van der Waals surface area (Å²) in [6.45, 7) is 2.78. The normalized spacial score (nSPS) is 19.4. The molecule has 94 valence electrons. The number of benzene rings is 1. The number of aliphatic hydroxyl groups excluding tert-OH is 1. The van der Waals surface area contributed by atoms with Gasteiger partial charge in [-0.2, -0.15) is 0 Å². The van der Waals surface area contributed by atoms with Gasteiger partial charge in [0.2, 0.25) is 0 Å². The molecule has 1 aromatic carbocycles. The molecule has 5 heteroatoms. The molecule has 0 aromatic heterocycles. The van der Waals surface area contributed by atoms with E-state index in [1.807, 2.05) is 4.90 Å². The maximum absolute atomic E-state index is 13.9. The van der Waals surface area contributed by atoms with Gasteiger partial charge in [-0.3, -0.25) is 4.21 Å². The molecule has 0 bridgehead atoms. The van der Waals surface area contributed by atoms with Crippen molar-refractivity contribution in [3.63, 3.8) is 0 Å². The van der Waals surface area contributed by atoms with Crippen LogP contribution in [0.25, 0.3) is 0 Å². The monoisotopic (exact) mass is 257 g/mol. The van der Waals surface area contributed by atoms with Crippen molar-refractivity contribution >= 4 is 16.5 Å². The molecule has 0 spiro atoms. The molecule has 0 saturated carbocycles. The lowest BCUT2D eigenvalue weighted by Crippen LogP contribution is -2.38. The molecule has 2 rings (SSSR count). The van der Waals surface area contributed by atoms with Gasteiger partial charge in [-0.15, -0.1) is 0 Å². The van der Waals surface area contributed by atoms with Crippen molar-refractivity contribution in [2.45, 2.75) is 13.0 Å². The van der Waals surface area contributed by atoms with Gasteiger partial charge in [0.25, 0.3) is 0 Å². The molecule has 1 aliphatic rings. The number of hydrogen-bond donors (Lipinski definition) is 1. The average molecular weight is 257 g/mol. The summed E-state index contributed by atoms with van der Waals surface area (Å²) < 4.78 is 25.1. The predicted molar refractivity (Wildman–Crippen MR) is 67.1 cm³/mol. The summed E-state index contributed by atoms with van der Waals surface area (Å²) in [6.07, 6.45) is -0.701. The SMILES string of the molecule is C[C@H](O)c1cccc(F)c1N1CCS(=O)CC1. The summed E-state index contributed by atoms with van der Waals surface area (Å²) in [5, 5.41) is 9.66. The molecule has 1 atom stereocenters. The predicted octanol–water partition coefficient (Wildman–Crippen LogP) is 1.45. The maximum atomic E-state index is 13.9. The van der Waals surface area contributed by atoms with Crippen molar-refractivity contribution in [1.29, 1.82) is 0 Å². The molecular weight excluding hydrogens is 241 g/mol. The van der Waals surface area contributed by atoms with Gasteiger partial charge in [0.05, 0.1) is 11.8 Å². The van der Waals surface area contributed by atoms with E-state index in [4.69, 9.17) is 0 Å². The number of anilines is 1. The van der Waals surface area contributed by atoms with Crippen LogP contribution in [-0.2, 0) is 10.8 Å². The standard InChI is InChI=1S/C12H16FNO2S/c1-9(15)10-3-2-4-11(13)12(10)14-5-7-17(16)8-6-14/h2-4,9,15H,5-8H2,1H3/t9-/m0/s1. The Labute approximate surface area is 103 Å². The Balaban J connectivity index is 2.33. The Hall–Kier alpha value is -0.940. The third-order valence-corrected chi connectivity index (χ3v) is 4.24. The highest BCUT2D eigenvalue weighted by Gasteiger charge is 2.22. The molecule has 1 aromatic rings. The summed E-state index contributed by atoms with van der Waals surface area (Å²) in [4.78, 5) is 1.87. The second-order valence-electron chi connectivity index (χ2n) is 4.19. The number of halogens is 1. The molecule has 1 aliphatic heterocycles. The first kappa shape index (κ1) is 12.5. The van der Waals surface area contributed by atoms with Crippen LogP contribution in [0.3, 0.4) is 0 Å². The third-order valence-electron chi connectivity index (χ3n) is 2.96. The number of nitrogens with zero attached hydrogens (tertiary/aromatic N) is 1. The van der Waals surface area contributed by atoms with Gasteiger partial charge < -0.3 is 10.0 Å². The van der Waals surface area contributed by atoms with Crippen LogP contribution in [-0.4, -0.2) is 33.9 Å². The van der Waals surface area contributed by atoms with Crippen LogP contribution >= 0.6 is 0 Å². The third kappa shape index (κ3) is 2.66. The summed E-state index contributed by atoms with van der Waals surface area (Å²) >= 11 is 0. The Morgan fingerprint density at radius 1 is 1.41 bits per heavy atom. The van der Waals surface area contributed by atoms with Crippen LogP contribution in [0, 0.1) is 5.82 Å². The van der Waals surface area contributed by atoms with Gasteiger partial charge in [-0.1, -0.05) is 12.1 Å². The molecule has 1 fully saturated rings. The zero-order valence-electron chi connectivity index (χ0n) is 9.73. The summed E-state index contributed by atoms with van der Waals surface area (Å²) in [5.74, 6) is 0.803. The van der Waals surface area contributed by atoms with E-state index in [0.29, 0.717) is 35.8 Å². The van der Waals surface area contributed by atoms with Gasteiger partial charge in [-0.25, -0.2) is 4.39 Å². The molecule has 1 N–H and O–H groups in total. The van der Waals surface area contributed by atoms with E-state index >= 15 is 0 Å². The van der Waals surface area contributed by atoms with E-state index in [1.54, 1.807) is 19.1 Å². The van der Waals surface area contributed by atoms with Crippen molar-refractivity contribution in [1.82, 2.24) is 0 Å². The highest BCUT2D eigenvalue weighted by Crippen LogP contribution is 2.29. The van der Waals surface area contributed by atoms with Gasteiger partial charge in [0.1, 0.15) is 5.82 Å². The zero-order chi connectivity index (χ0) is 12.4. The summed E-state index contributed by atoms with van der Waals surface area (Å²) in [5.41, 5.74) is 1.05. The van der Waals surface area contributed by atoms with Gasteiger partial charge in [0.15, 0.2) is 0 Å². The second-order valence-corrected chi connectivity index (χ2v) is 5.88. The highest BCUT2D eigenvalue weighted by molar-refractivity contribution is 7.85. The fourth-order valence-corrected chi connectivity index (χ4v) is 3.12. The molecule has 0 radical (unpaired) electrons. The zero-order valence-corrected chi connectivity index (χ0v) is 10.5. The first-order valence-corrected chi connectivity index (χ1v) is 7.15. The Morgan fingerprint density at radius 2 is 2.06 bits per heavy atom. The van der Waals surface area contributed by atoms with Crippen LogP contribution in [0.15, 0.2) is 18.2 Å². The van der Waals surface area contributed by atoms with E-state index in [0.717, 1.165) is 0 Å². The Kier molecular flexibility index (Phi) is 3.79. The number of hydrogen-bond acceptors (Lipinski definition) is 3. The van der Waals surface area contributed by atoms with Crippen LogP contribution in [0.1, 0.15) is 18.6 Å². The minimum atomic E-state index is -0.785.